The summed E-state index contributed by atoms with van der Waals surface area (Å²) in [5, 5.41) is 17.0. The fraction of sp³-hybridized carbons (Fsp3) is 0.765. The van der Waals surface area contributed by atoms with Gasteiger partial charge in [0.25, 0.3) is 0 Å². The smallest absolute Gasteiger partial charge is 0.410 e. The van der Waals surface area contributed by atoms with E-state index in [1.165, 1.54) is 7.11 Å². The van der Waals surface area contributed by atoms with Crippen molar-refractivity contribution in [2.75, 3.05) is 20.3 Å². The monoisotopic (exact) mass is 368 g/mol. The van der Waals surface area contributed by atoms with Crippen LogP contribution in [-0.2, 0) is 16.0 Å². The standard InChI is InChI=1S/C17H28N4O5/c1-17(2,3)26-16(24)20-9-7-8-12(20)14-13(15(23)25-4)18-19-21(14)10-5-6-11-22/h12,22H,5-11H2,1-4H3. The highest BCUT2D eigenvalue weighted by molar-refractivity contribution is 5.88. The van der Waals surface area contributed by atoms with Crippen molar-refractivity contribution in [3.05, 3.63) is 11.4 Å². The number of ether oxygens (including phenoxy) is 2. The van der Waals surface area contributed by atoms with E-state index in [0.29, 0.717) is 38.0 Å². The maximum atomic E-state index is 12.6. The molecule has 1 amide bonds. The summed E-state index contributed by atoms with van der Waals surface area (Å²) < 4.78 is 12.0. The number of hydrogen-bond donors (Lipinski definition) is 1. The molecule has 1 N–H and O–H groups in total. The molecule has 1 atom stereocenters. The van der Waals surface area contributed by atoms with E-state index in [1.54, 1.807) is 9.58 Å². The van der Waals surface area contributed by atoms with Crippen LogP contribution >= 0.6 is 0 Å². The Balaban J connectivity index is 2.32. The van der Waals surface area contributed by atoms with Crippen LogP contribution < -0.4 is 0 Å². The number of carbonyl (C=O) groups is 2. The minimum atomic E-state index is -0.602. The SMILES string of the molecule is COC(=O)c1nnn(CCCCO)c1C1CCCN1C(=O)OC(C)(C)C. The van der Waals surface area contributed by atoms with E-state index in [-0.39, 0.29) is 18.3 Å². The Morgan fingerprint density at radius 3 is 2.65 bits per heavy atom. The highest BCUT2D eigenvalue weighted by Crippen LogP contribution is 2.34. The van der Waals surface area contributed by atoms with Crippen molar-refractivity contribution < 1.29 is 24.2 Å². The number of aromatic nitrogens is 3. The summed E-state index contributed by atoms with van der Waals surface area (Å²) in [5.41, 5.74) is 0.0878. The molecule has 1 aromatic heterocycles. The van der Waals surface area contributed by atoms with Gasteiger partial charge in [-0.3, -0.25) is 4.90 Å². The molecule has 0 bridgehead atoms. The first-order valence-electron chi connectivity index (χ1n) is 8.90. The lowest BCUT2D eigenvalue weighted by Gasteiger charge is -2.29. The van der Waals surface area contributed by atoms with Crippen molar-refractivity contribution in [3.8, 4) is 0 Å². The van der Waals surface area contributed by atoms with E-state index in [9.17, 15) is 9.59 Å². The van der Waals surface area contributed by atoms with E-state index in [4.69, 9.17) is 14.6 Å². The predicted octanol–water partition coefficient (Wildman–Crippen LogP) is 1.91. The molecule has 26 heavy (non-hydrogen) atoms. The Morgan fingerprint density at radius 2 is 2.04 bits per heavy atom. The molecule has 0 saturated carbocycles. The Hall–Kier alpha value is -2.16. The summed E-state index contributed by atoms with van der Waals surface area (Å²) in [6.07, 6.45) is 2.38. The van der Waals surface area contributed by atoms with Crippen LogP contribution in [0.15, 0.2) is 0 Å². The van der Waals surface area contributed by atoms with Gasteiger partial charge in [-0.05, 0) is 46.5 Å². The van der Waals surface area contributed by atoms with Crippen molar-refractivity contribution in [1.29, 1.82) is 0 Å². The molecule has 1 aliphatic heterocycles. The topological polar surface area (TPSA) is 107 Å². The molecule has 1 aliphatic rings. The van der Waals surface area contributed by atoms with E-state index in [2.05, 4.69) is 10.3 Å². The van der Waals surface area contributed by atoms with Gasteiger partial charge in [0, 0.05) is 19.7 Å². The first kappa shape index (κ1) is 20.2. The fourth-order valence-electron chi connectivity index (χ4n) is 3.02. The highest BCUT2D eigenvalue weighted by Gasteiger charge is 2.38. The quantitative estimate of drug-likeness (QED) is 0.604. The lowest BCUT2D eigenvalue weighted by atomic mass is 10.1. The number of rotatable bonds is 6. The van der Waals surface area contributed by atoms with E-state index in [0.717, 1.165) is 6.42 Å². The second-order valence-electron chi connectivity index (χ2n) is 7.30. The molecule has 146 valence electrons. The molecule has 1 unspecified atom stereocenters. The van der Waals surface area contributed by atoms with Crippen molar-refractivity contribution >= 4 is 12.1 Å². The first-order chi connectivity index (χ1) is 12.3. The molecule has 0 radical (unpaired) electrons. The van der Waals surface area contributed by atoms with Crippen molar-refractivity contribution in [3.63, 3.8) is 0 Å². The molecule has 2 heterocycles. The average molecular weight is 368 g/mol. The van der Waals surface area contributed by atoms with Crippen LogP contribution in [0.1, 0.15) is 68.7 Å². The number of carbonyl (C=O) groups excluding carboxylic acids is 2. The number of esters is 1. The summed E-state index contributed by atoms with van der Waals surface area (Å²) in [6, 6.07) is -0.344. The molecule has 0 aliphatic carbocycles. The predicted molar refractivity (Wildman–Crippen MR) is 92.6 cm³/mol. The van der Waals surface area contributed by atoms with Crippen molar-refractivity contribution in [2.45, 2.75) is 64.6 Å². The number of nitrogens with zero attached hydrogens (tertiary/aromatic N) is 4. The summed E-state index contributed by atoms with van der Waals surface area (Å²) in [6.45, 7) is 6.57. The van der Waals surface area contributed by atoms with Gasteiger partial charge >= 0.3 is 12.1 Å². The van der Waals surface area contributed by atoms with Crippen LogP contribution in [0.25, 0.3) is 0 Å². The molecule has 9 heteroatoms. The van der Waals surface area contributed by atoms with Gasteiger partial charge in [-0.2, -0.15) is 0 Å². The number of unbranched alkanes of at least 4 members (excludes halogenated alkanes) is 1. The number of aryl methyl sites for hydroxylation is 1. The average Bonchev–Trinajstić information content (AvgIpc) is 3.18. The summed E-state index contributed by atoms with van der Waals surface area (Å²) in [4.78, 5) is 26.3. The minimum absolute atomic E-state index is 0.0847. The van der Waals surface area contributed by atoms with Gasteiger partial charge in [0.2, 0.25) is 0 Å². The Bertz CT molecular complexity index is 638. The molecular formula is C17H28N4O5. The summed E-state index contributed by atoms with van der Waals surface area (Å²) >= 11 is 0. The maximum Gasteiger partial charge on any atom is 0.410 e. The molecule has 0 aromatic carbocycles. The number of aliphatic hydroxyl groups excluding tert-OH is 1. The van der Waals surface area contributed by atoms with Gasteiger partial charge in [0.15, 0.2) is 5.69 Å². The van der Waals surface area contributed by atoms with Gasteiger partial charge in [0.1, 0.15) is 5.60 Å². The third-order valence-corrected chi connectivity index (χ3v) is 4.13. The summed E-state index contributed by atoms with van der Waals surface area (Å²) in [5.74, 6) is -0.579. The first-order valence-corrected chi connectivity index (χ1v) is 8.90. The lowest BCUT2D eigenvalue weighted by Crippen LogP contribution is -2.37. The number of amides is 1. The fourth-order valence-corrected chi connectivity index (χ4v) is 3.02. The summed E-state index contributed by atoms with van der Waals surface area (Å²) in [7, 11) is 1.29. The maximum absolute atomic E-state index is 12.6. The lowest BCUT2D eigenvalue weighted by molar-refractivity contribution is 0.0215. The third-order valence-electron chi connectivity index (χ3n) is 4.13. The molecule has 1 aromatic rings. The molecule has 2 rings (SSSR count). The van der Waals surface area contributed by atoms with Crippen molar-refractivity contribution in [1.82, 2.24) is 19.9 Å². The zero-order chi connectivity index (χ0) is 19.3. The van der Waals surface area contributed by atoms with Crippen LogP contribution in [0, 0.1) is 0 Å². The van der Waals surface area contributed by atoms with Crippen LogP contribution in [0.3, 0.4) is 0 Å². The van der Waals surface area contributed by atoms with Gasteiger partial charge in [-0.1, -0.05) is 5.21 Å². The number of likely N-dealkylation sites (tertiary alicyclic amines) is 1. The van der Waals surface area contributed by atoms with E-state index < -0.39 is 17.7 Å². The van der Waals surface area contributed by atoms with Crippen LogP contribution in [0.2, 0.25) is 0 Å². The molecule has 9 nitrogen and oxygen atoms in total. The Labute approximate surface area is 153 Å². The highest BCUT2D eigenvalue weighted by atomic mass is 16.6. The minimum Gasteiger partial charge on any atom is -0.464 e. The molecule has 0 spiro atoms. The zero-order valence-electron chi connectivity index (χ0n) is 15.9. The normalized spacial score (nSPS) is 17.4. The zero-order valence-corrected chi connectivity index (χ0v) is 15.9. The number of methoxy groups -OCH3 is 1. The van der Waals surface area contributed by atoms with E-state index in [1.807, 2.05) is 20.8 Å². The second-order valence-corrected chi connectivity index (χ2v) is 7.30. The molecule has 1 fully saturated rings. The van der Waals surface area contributed by atoms with Gasteiger partial charge in [-0.25, -0.2) is 14.3 Å². The van der Waals surface area contributed by atoms with Gasteiger partial charge < -0.3 is 14.6 Å². The van der Waals surface area contributed by atoms with Crippen LogP contribution in [0.4, 0.5) is 4.79 Å². The van der Waals surface area contributed by atoms with Crippen LogP contribution in [0.5, 0.6) is 0 Å². The van der Waals surface area contributed by atoms with E-state index >= 15 is 0 Å². The third kappa shape index (κ3) is 4.72. The van der Waals surface area contributed by atoms with Gasteiger partial charge in [0.05, 0.1) is 18.8 Å². The largest absolute Gasteiger partial charge is 0.464 e. The molecular weight excluding hydrogens is 340 g/mol. The second kappa shape index (κ2) is 8.48. The Morgan fingerprint density at radius 1 is 1.31 bits per heavy atom. The van der Waals surface area contributed by atoms with Crippen molar-refractivity contribution in [2.24, 2.45) is 0 Å². The number of hydrogen-bond acceptors (Lipinski definition) is 7. The Kier molecular flexibility index (Phi) is 6.57. The van der Waals surface area contributed by atoms with Crippen LogP contribution in [-0.4, -0.2) is 62.9 Å². The molecule has 1 saturated heterocycles. The van der Waals surface area contributed by atoms with Gasteiger partial charge in [-0.15, -0.1) is 5.10 Å². The number of aliphatic hydroxyl groups is 1.